The minimum absolute atomic E-state index is 0.131. The van der Waals surface area contributed by atoms with E-state index in [0.717, 1.165) is 22.9 Å². The monoisotopic (exact) mass is 321 g/mol. The fourth-order valence-corrected chi connectivity index (χ4v) is 2.13. The van der Waals surface area contributed by atoms with Crippen LogP contribution in [-0.2, 0) is 4.79 Å². The van der Waals surface area contributed by atoms with Crippen LogP contribution < -0.4 is 10.1 Å². The molecule has 2 aromatic rings. The summed E-state index contributed by atoms with van der Waals surface area (Å²) in [5, 5.41) is 2.95. The van der Waals surface area contributed by atoms with E-state index >= 15 is 0 Å². The van der Waals surface area contributed by atoms with Crippen LogP contribution in [0.5, 0.6) is 5.75 Å². The molecule has 0 radical (unpaired) electrons. The van der Waals surface area contributed by atoms with Gasteiger partial charge in [0.15, 0.2) is 6.10 Å². The molecule has 2 aromatic carbocycles. The van der Waals surface area contributed by atoms with E-state index in [2.05, 4.69) is 5.32 Å². The lowest BCUT2D eigenvalue weighted by atomic mass is 10.1. The van der Waals surface area contributed by atoms with E-state index in [4.69, 9.17) is 16.3 Å². The lowest BCUT2D eigenvalue weighted by Crippen LogP contribution is -2.30. The lowest BCUT2D eigenvalue weighted by molar-refractivity contribution is -0.122. The van der Waals surface area contributed by atoms with Gasteiger partial charge in [0.2, 0.25) is 0 Å². The largest absolute Gasteiger partial charge is 0.479 e. The molecule has 1 N–H and O–H groups in total. The summed E-state index contributed by atoms with van der Waals surface area (Å²) in [6.45, 7) is 5.48. The number of halogens is 2. The standard InChI is InChI=1S/C17H17ClFNO2/c1-10-4-5-11(2)15(8-10)20-17(21)12(3)22-16-7-6-13(19)9-14(16)18/h4-9,12H,1-3H3,(H,20,21)/t12-/m1/s1. The molecular formula is C17H17ClFNO2. The molecule has 0 aliphatic heterocycles. The SMILES string of the molecule is Cc1ccc(C)c(NC(=O)[C@@H](C)Oc2ccc(F)cc2Cl)c1. The van der Waals surface area contributed by atoms with Crippen LogP contribution >= 0.6 is 11.6 Å². The van der Waals surface area contributed by atoms with Gasteiger partial charge in [-0.3, -0.25) is 4.79 Å². The van der Waals surface area contributed by atoms with Crippen molar-refractivity contribution in [3.8, 4) is 5.75 Å². The summed E-state index contributed by atoms with van der Waals surface area (Å²) in [5.41, 5.74) is 2.76. The Labute approximate surface area is 134 Å². The second-order valence-corrected chi connectivity index (χ2v) is 5.55. The smallest absolute Gasteiger partial charge is 0.265 e. The van der Waals surface area contributed by atoms with Crippen LogP contribution in [0.25, 0.3) is 0 Å². The molecule has 3 nitrogen and oxygen atoms in total. The number of ether oxygens (including phenoxy) is 1. The fraction of sp³-hybridized carbons (Fsp3) is 0.235. The van der Waals surface area contributed by atoms with Crippen molar-refractivity contribution in [2.45, 2.75) is 26.9 Å². The Morgan fingerprint density at radius 1 is 1.23 bits per heavy atom. The highest BCUT2D eigenvalue weighted by molar-refractivity contribution is 6.32. The minimum Gasteiger partial charge on any atom is -0.479 e. The molecule has 0 saturated heterocycles. The van der Waals surface area contributed by atoms with E-state index in [9.17, 15) is 9.18 Å². The van der Waals surface area contributed by atoms with E-state index < -0.39 is 11.9 Å². The van der Waals surface area contributed by atoms with Crippen molar-refractivity contribution in [2.75, 3.05) is 5.32 Å². The molecule has 0 aliphatic carbocycles. The van der Waals surface area contributed by atoms with Crippen molar-refractivity contribution in [1.29, 1.82) is 0 Å². The molecule has 0 aliphatic rings. The second-order valence-electron chi connectivity index (χ2n) is 5.14. The Kier molecular flexibility index (Phi) is 5.03. The zero-order valence-electron chi connectivity index (χ0n) is 12.6. The Hall–Kier alpha value is -2.07. The first-order valence-electron chi connectivity index (χ1n) is 6.86. The van der Waals surface area contributed by atoms with Crippen LogP contribution in [-0.4, -0.2) is 12.0 Å². The predicted molar refractivity (Wildman–Crippen MR) is 86.0 cm³/mol. The van der Waals surface area contributed by atoms with Crippen LogP contribution in [0.4, 0.5) is 10.1 Å². The summed E-state index contributed by atoms with van der Waals surface area (Å²) in [4.78, 5) is 12.2. The summed E-state index contributed by atoms with van der Waals surface area (Å²) in [6, 6.07) is 9.59. The summed E-state index contributed by atoms with van der Waals surface area (Å²) in [7, 11) is 0. The molecule has 22 heavy (non-hydrogen) atoms. The first-order chi connectivity index (χ1) is 10.4. The maximum absolute atomic E-state index is 13.0. The molecular weight excluding hydrogens is 305 g/mol. The van der Waals surface area contributed by atoms with Gasteiger partial charge < -0.3 is 10.1 Å². The van der Waals surface area contributed by atoms with Gasteiger partial charge in [-0.15, -0.1) is 0 Å². The van der Waals surface area contributed by atoms with Crippen molar-refractivity contribution in [3.05, 3.63) is 58.4 Å². The molecule has 5 heteroatoms. The zero-order valence-corrected chi connectivity index (χ0v) is 13.4. The van der Waals surface area contributed by atoms with Crippen molar-refractivity contribution in [3.63, 3.8) is 0 Å². The van der Waals surface area contributed by atoms with Gasteiger partial charge in [0.25, 0.3) is 5.91 Å². The average molecular weight is 322 g/mol. The average Bonchev–Trinajstić information content (AvgIpc) is 2.45. The van der Waals surface area contributed by atoms with Crippen LogP contribution in [0.2, 0.25) is 5.02 Å². The first kappa shape index (κ1) is 16.3. The van der Waals surface area contributed by atoms with Gasteiger partial charge in [-0.1, -0.05) is 23.7 Å². The molecule has 1 atom stereocenters. The molecule has 0 unspecified atom stereocenters. The molecule has 0 aromatic heterocycles. The van der Waals surface area contributed by atoms with Gasteiger partial charge in [0, 0.05) is 5.69 Å². The van der Waals surface area contributed by atoms with Crippen LogP contribution in [0.3, 0.4) is 0 Å². The van der Waals surface area contributed by atoms with Gasteiger partial charge in [-0.05, 0) is 56.2 Å². The summed E-state index contributed by atoms with van der Waals surface area (Å²) >= 11 is 5.89. The molecule has 0 saturated carbocycles. The highest BCUT2D eigenvalue weighted by Crippen LogP contribution is 2.26. The number of anilines is 1. The Morgan fingerprint density at radius 2 is 1.95 bits per heavy atom. The minimum atomic E-state index is -0.761. The third-order valence-electron chi connectivity index (χ3n) is 3.22. The first-order valence-corrected chi connectivity index (χ1v) is 7.24. The molecule has 0 spiro atoms. The summed E-state index contributed by atoms with van der Waals surface area (Å²) in [5.74, 6) is -0.481. The Morgan fingerprint density at radius 3 is 2.64 bits per heavy atom. The van der Waals surface area contributed by atoms with Crippen molar-refractivity contribution < 1.29 is 13.9 Å². The summed E-state index contributed by atoms with van der Waals surface area (Å²) < 4.78 is 18.5. The maximum Gasteiger partial charge on any atom is 0.265 e. The topological polar surface area (TPSA) is 38.3 Å². The highest BCUT2D eigenvalue weighted by atomic mass is 35.5. The zero-order chi connectivity index (χ0) is 16.3. The quantitative estimate of drug-likeness (QED) is 0.900. The van der Waals surface area contributed by atoms with Crippen molar-refractivity contribution >= 4 is 23.2 Å². The number of rotatable bonds is 4. The molecule has 2 rings (SSSR count). The Bertz CT molecular complexity index is 703. The molecule has 0 heterocycles. The normalized spacial score (nSPS) is 11.9. The lowest BCUT2D eigenvalue weighted by Gasteiger charge is -2.16. The maximum atomic E-state index is 13.0. The number of benzene rings is 2. The predicted octanol–water partition coefficient (Wildman–Crippen LogP) is 4.50. The number of hydrogen-bond acceptors (Lipinski definition) is 2. The van der Waals surface area contributed by atoms with Crippen LogP contribution in [0, 0.1) is 19.7 Å². The number of aryl methyl sites for hydroxylation is 2. The third-order valence-corrected chi connectivity index (χ3v) is 3.51. The number of carbonyl (C=O) groups is 1. The second kappa shape index (κ2) is 6.79. The molecule has 0 fully saturated rings. The molecule has 1 amide bonds. The molecule has 116 valence electrons. The fourth-order valence-electron chi connectivity index (χ4n) is 1.92. The van der Waals surface area contributed by atoms with Crippen molar-refractivity contribution in [1.82, 2.24) is 0 Å². The third kappa shape index (κ3) is 3.98. The number of amides is 1. The van der Waals surface area contributed by atoms with E-state index in [0.29, 0.717) is 0 Å². The Balaban J connectivity index is 2.07. The van der Waals surface area contributed by atoms with Gasteiger partial charge in [-0.2, -0.15) is 0 Å². The van der Waals surface area contributed by atoms with E-state index in [1.165, 1.54) is 12.1 Å². The number of nitrogens with one attached hydrogen (secondary N) is 1. The van der Waals surface area contributed by atoms with E-state index in [1.54, 1.807) is 6.92 Å². The number of carbonyl (C=O) groups excluding carboxylic acids is 1. The van der Waals surface area contributed by atoms with E-state index in [1.807, 2.05) is 32.0 Å². The van der Waals surface area contributed by atoms with Crippen LogP contribution in [0.1, 0.15) is 18.1 Å². The number of hydrogen-bond donors (Lipinski definition) is 1. The summed E-state index contributed by atoms with van der Waals surface area (Å²) in [6.07, 6.45) is -0.761. The van der Waals surface area contributed by atoms with Gasteiger partial charge in [-0.25, -0.2) is 4.39 Å². The van der Waals surface area contributed by atoms with Gasteiger partial charge in [0.05, 0.1) is 5.02 Å². The van der Waals surface area contributed by atoms with Crippen LogP contribution in [0.15, 0.2) is 36.4 Å². The highest BCUT2D eigenvalue weighted by Gasteiger charge is 2.17. The van der Waals surface area contributed by atoms with Crippen molar-refractivity contribution in [2.24, 2.45) is 0 Å². The molecule has 0 bridgehead atoms. The van der Waals surface area contributed by atoms with Gasteiger partial charge >= 0.3 is 0 Å². The van der Waals surface area contributed by atoms with Gasteiger partial charge in [0.1, 0.15) is 11.6 Å². The van der Waals surface area contributed by atoms with E-state index in [-0.39, 0.29) is 16.7 Å².